The summed E-state index contributed by atoms with van der Waals surface area (Å²) in [6.07, 6.45) is 11.2. The minimum atomic E-state index is -0.427. The number of alkyl halides is 1. The lowest BCUT2D eigenvalue weighted by molar-refractivity contribution is -0.144. The highest BCUT2D eigenvalue weighted by atomic mass is 79.9. The van der Waals surface area contributed by atoms with Crippen molar-refractivity contribution in [1.82, 2.24) is 0 Å². The average molecular weight is 410 g/mol. The van der Waals surface area contributed by atoms with E-state index < -0.39 is 5.60 Å². The van der Waals surface area contributed by atoms with E-state index in [-0.39, 0.29) is 0 Å². The van der Waals surface area contributed by atoms with Gasteiger partial charge in [-0.05, 0) is 99.2 Å². The molecule has 4 rings (SSSR count). The number of fused-ring (bicyclic) bond motifs is 5. The van der Waals surface area contributed by atoms with E-state index in [2.05, 4.69) is 36.7 Å². The molecule has 0 radical (unpaired) electrons. The summed E-state index contributed by atoms with van der Waals surface area (Å²) in [6, 6.07) is 0. The summed E-state index contributed by atoms with van der Waals surface area (Å²) in [7, 11) is 0. The van der Waals surface area contributed by atoms with E-state index in [0.717, 1.165) is 47.6 Å². The molecule has 0 saturated heterocycles. The van der Waals surface area contributed by atoms with Gasteiger partial charge in [-0.15, -0.1) is 0 Å². The highest BCUT2D eigenvalue weighted by molar-refractivity contribution is 9.09. The highest BCUT2D eigenvalue weighted by Gasteiger charge is 2.61. The summed E-state index contributed by atoms with van der Waals surface area (Å²) in [6.45, 7) is 7.15. The molecule has 4 saturated carbocycles. The number of rotatable bonds is 2. The molecule has 0 aromatic heterocycles. The summed E-state index contributed by atoms with van der Waals surface area (Å²) >= 11 is 3.55. The molecule has 142 valence electrons. The van der Waals surface area contributed by atoms with Crippen LogP contribution >= 0.6 is 15.9 Å². The summed E-state index contributed by atoms with van der Waals surface area (Å²) < 4.78 is 0. The van der Waals surface area contributed by atoms with Crippen molar-refractivity contribution in [2.45, 2.75) is 84.2 Å². The van der Waals surface area contributed by atoms with Crippen molar-refractivity contribution in [1.29, 1.82) is 5.41 Å². The Morgan fingerprint density at radius 2 is 1.68 bits per heavy atom. The first-order valence-corrected chi connectivity index (χ1v) is 11.7. The molecule has 0 heterocycles. The van der Waals surface area contributed by atoms with E-state index in [1.54, 1.807) is 0 Å². The Bertz CT molecular complexity index is 560. The van der Waals surface area contributed by atoms with Crippen LogP contribution in [0.3, 0.4) is 0 Å². The first-order valence-electron chi connectivity index (χ1n) is 10.6. The maximum Gasteiger partial charge on any atom is 0.0622 e. The maximum atomic E-state index is 10.6. The fraction of sp³-hybridized carbons (Fsp3) is 0.955. The number of halogens is 1. The van der Waals surface area contributed by atoms with Gasteiger partial charge in [0.1, 0.15) is 0 Å². The monoisotopic (exact) mass is 409 g/mol. The van der Waals surface area contributed by atoms with Gasteiger partial charge in [0.05, 0.1) is 5.60 Å². The second kappa shape index (κ2) is 6.06. The van der Waals surface area contributed by atoms with Gasteiger partial charge in [0.2, 0.25) is 0 Å². The second-order valence-electron chi connectivity index (χ2n) is 10.7. The Balaban J connectivity index is 1.59. The van der Waals surface area contributed by atoms with Crippen LogP contribution < -0.4 is 0 Å². The van der Waals surface area contributed by atoms with Crippen LogP contribution in [0.25, 0.3) is 0 Å². The molecule has 25 heavy (non-hydrogen) atoms. The first-order chi connectivity index (χ1) is 11.7. The summed E-state index contributed by atoms with van der Waals surface area (Å²) in [5, 5.41) is 19.8. The molecule has 0 spiro atoms. The van der Waals surface area contributed by atoms with Gasteiger partial charge in [0, 0.05) is 17.0 Å². The van der Waals surface area contributed by atoms with Crippen molar-refractivity contribution in [3.05, 3.63) is 0 Å². The molecule has 4 aliphatic carbocycles. The predicted octanol–water partition coefficient (Wildman–Crippen LogP) is 5.81. The van der Waals surface area contributed by atoms with Gasteiger partial charge in [-0.1, -0.05) is 29.8 Å². The number of hydrogen-bond acceptors (Lipinski definition) is 2. The van der Waals surface area contributed by atoms with E-state index in [1.807, 2.05) is 0 Å². The number of hydrogen-bond donors (Lipinski definition) is 2. The molecule has 1 unspecified atom stereocenters. The largest absolute Gasteiger partial charge is 0.390 e. The Hall–Kier alpha value is 0.110. The van der Waals surface area contributed by atoms with Crippen LogP contribution in [0.2, 0.25) is 0 Å². The summed E-state index contributed by atoms with van der Waals surface area (Å²) in [4.78, 5) is 0. The molecule has 4 aliphatic rings. The molecular weight excluding hydrogens is 374 g/mol. The minimum Gasteiger partial charge on any atom is -0.390 e. The van der Waals surface area contributed by atoms with Crippen molar-refractivity contribution >= 4 is 21.6 Å². The zero-order chi connectivity index (χ0) is 18.0. The van der Waals surface area contributed by atoms with E-state index in [4.69, 9.17) is 5.41 Å². The molecule has 0 aliphatic heterocycles. The standard InChI is InChI=1S/C22H36BrNO/c1-20(25)10-11-21(2)14(12-20)4-5-15-16-6-7-18(19(24)13-23)22(16,3)9-8-17(15)21/h14-18,24-25H,4-13H2,1-3H3/t14-,15?,16-,17-,18+,20+,21-,22-/m0/s1. The quantitative estimate of drug-likeness (QED) is 0.438. The highest BCUT2D eigenvalue weighted by Crippen LogP contribution is 2.68. The minimum absolute atomic E-state index is 0.370. The Labute approximate surface area is 162 Å². The van der Waals surface area contributed by atoms with Gasteiger partial charge in [-0.25, -0.2) is 0 Å². The molecule has 3 heteroatoms. The molecular formula is C22H36BrNO. The van der Waals surface area contributed by atoms with Crippen LogP contribution in [0.1, 0.15) is 78.6 Å². The summed E-state index contributed by atoms with van der Waals surface area (Å²) in [5.74, 6) is 3.79. The van der Waals surface area contributed by atoms with E-state index in [0.29, 0.717) is 16.7 Å². The lowest BCUT2D eigenvalue weighted by Gasteiger charge is -2.62. The fourth-order valence-corrected chi connectivity index (χ4v) is 8.49. The summed E-state index contributed by atoms with van der Waals surface area (Å²) in [5.41, 5.74) is 1.34. The van der Waals surface area contributed by atoms with E-state index in [1.165, 1.54) is 44.9 Å². The number of nitrogens with one attached hydrogen (secondary N) is 1. The first kappa shape index (κ1) is 18.5. The molecule has 0 bridgehead atoms. The van der Waals surface area contributed by atoms with Gasteiger partial charge in [-0.3, -0.25) is 0 Å². The number of aliphatic hydroxyl groups is 1. The molecule has 0 amide bonds. The predicted molar refractivity (Wildman–Crippen MR) is 107 cm³/mol. The normalized spacial score (nSPS) is 55.2. The lowest BCUT2D eigenvalue weighted by Crippen LogP contribution is -2.55. The average Bonchev–Trinajstić information content (AvgIpc) is 2.92. The van der Waals surface area contributed by atoms with Gasteiger partial charge >= 0.3 is 0 Å². The van der Waals surface area contributed by atoms with Crippen molar-refractivity contribution in [3.8, 4) is 0 Å². The van der Waals surface area contributed by atoms with Crippen LogP contribution in [0, 0.1) is 45.8 Å². The Kier molecular flexibility index (Phi) is 4.47. The van der Waals surface area contributed by atoms with Crippen LogP contribution in [-0.2, 0) is 0 Å². The smallest absolute Gasteiger partial charge is 0.0622 e. The van der Waals surface area contributed by atoms with Crippen molar-refractivity contribution < 1.29 is 5.11 Å². The van der Waals surface area contributed by atoms with Crippen LogP contribution in [-0.4, -0.2) is 21.7 Å². The van der Waals surface area contributed by atoms with Gasteiger partial charge < -0.3 is 10.5 Å². The third-order valence-electron chi connectivity index (χ3n) is 9.52. The SMILES string of the molecule is C[C@@]1(O)CC[C@@]2(C)[C@@H](CCC3[C@@H]2CC[C@]2(C)[C@@H](C(=N)CBr)CC[C@@H]32)C1. The Morgan fingerprint density at radius 3 is 2.40 bits per heavy atom. The van der Waals surface area contributed by atoms with Crippen molar-refractivity contribution in [2.75, 3.05) is 5.33 Å². The van der Waals surface area contributed by atoms with Gasteiger partial charge in [-0.2, -0.15) is 0 Å². The lowest BCUT2D eigenvalue weighted by atomic mass is 9.44. The van der Waals surface area contributed by atoms with E-state index >= 15 is 0 Å². The second-order valence-corrected chi connectivity index (χ2v) is 11.3. The maximum absolute atomic E-state index is 10.6. The molecule has 0 aromatic rings. The molecule has 2 nitrogen and oxygen atoms in total. The van der Waals surface area contributed by atoms with Gasteiger partial charge in [0.15, 0.2) is 0 Å². The fourth-order valence-electron chi connectivity index (χ4n) is 8.10. The van der Waals surface area contributed by atoms with Crippen LogP contribution in [0.4, 0.5) is 0 Å². The van der Waals surface area contributed by atoms with E-state index in [9.17, 15) is 5.11 Å². The molecule has 8 atom stereocenters. The third-order valence-corrected chi connectivity index (χ3v) is 10.1. The molecule has 2 N–H and O–H groups in total. The zero-order valence-corrected chi connectivity index (χ0v) is 17.9. The van der Waals surface area contributed by atoms with Crippen LogP contribution in [0.15, 0.2) is 0 Å². The molecule has 0 aromatic carbocycles. The topological polar surface area (TPSA) is 44.1 Å². The van der Waals surface area contributed by atoms with Gasteiger partial charge in [0.25, 0.3) is 0 Å². The zero-order valence-electron chi connectivity index (χ0n) is 16.3. The third kappa shape index (κ3) is 2.70. The Morgan fingerprint density at radius 1 is 0.960 bits per heavy atom. The van der Waals surface area contributed by atoms with Crippen molar-refractivity contribution in [3.63, 3.8) is 0 Å². The van der Waals surface area contributed by atoms with Crippen LogP contribution in [0.5, 0.6) is 0 Å². The molecule has 4 fully saturated rings. The van der Waals surface area contributed by atoms with Crippen molar-refractivity contribution in [2.24, 2.45) is 40.4 Å².